The van der Waals surface area contributed by atoms with E-state index in [1.54, 1.807) is 20.8 Å². The summed E-state index contributed by atoms with van der Waals surface area (Å²) in [6.45, 7) is 53.4. The van der Waals surface area contributed by atoms with Crippen LogP contribution >= 0.6 is 0 Å². The Kier molecular flexibility index (Phi) is 86.4. The zero-order chi connectivity index (χ0) is 65.3. The van der Waals surface area contributed by atoms with E-state index in [0.29, 0.717) is 24.7 Å². The summed E-state index contributed by atoms with van der Waals surface area (Å²) in [6.07, 6.45) is 1.90. The van der Waals surface area contributed by atoms with E-state index in [9.17, 15) is 61.5 Å². The Morgan fingerprint density at radius 3 is 0.653 bits per heavy atom. The lowest BCUT2D eigenvalue weighted by Crippen LogP contribution is -2.18. The van der Waals surface area contributed by atoms with Crippen molar-refractivity contribution < 1.29 is 64.2 Å². The summed E-state index contributed by atoms with van der Waals surface area (Å²) in [7, 11) is 0. The van der Waals surface area contributed by atoms with Crippen molar-refractivity contribution >= 4 is 0 Å². The molecule has 0 amide bonds. The number of hydrogen-bond acceptors (Lipinski definition) is 0. The van der Waals surface area contributed by atoms with Gasteiger partial charge < -0.3 is 0 Å². The molecule has 0 aromatic carbocycles. The molecule has 0 saturated carbocycles. The van der Waals surface area contributed by atoms with Gasteiger partial charge in [-0.25, -0.2) is 30.7 Å². The Morgan fingerprint density at radius 2 is 0.653 bits per heavy atom. The van der Waals surface area contributed by atoms with Crippen LogP contribution in [0.3, 0.4) is 0 Å². The molecule has 0 radical (unpaired) electrons. The van der Waals surface area contributed by atoms with Gasteiger partial charge in [-0.3, -0.25) is 4.39 Å². The van der Waals surface area contributed by atoms with Gasteiger partial charge >= 0.3 is 12.4 Å². The third kappa shape index (κ3) is 167. The van der Waals surface area contributed by atoms with Crippen molar-refractivity contribution in [2.45, 2.75) is 353 Å². The Morgan fingerprint density at radius 1 is 0.387 bits per heavy atom. The molecule has 4 atom stereocenters. The maximum atomic E-state index is 11.9. The molecule has 14 heteroatoms. The number of rotatable bonds is 17. The zero-order valence-corrected chi connectivity index (χ0v) is 54.6. The maximum Gasteiger partial charge on any atom is 0.391 e. The molecule has 0 nitrogen and oxygen atoms in total. The van der Waals surface area contributed by atoms with Gasteiger partial charge in [0.1, 0.15) is 0 Å². The second-order valence-electron chi connectivity index (χ2n) is 21.5. The van der Waals surface area contributed by atoms with E-state index in [1.165, 1.54) is 72.6 Å². The molecule has 0 aliphatic heterocycles. The molecular formula is C61H132F14. The number of hydrogen-bond donors (Lipinski definition) is 0. The first-order valence-electron chi connectivity index (χ1n) is 29.7. The topological polar surface area (TPSA) is 0 Å². The molecule has 0 aromatic rings. The van der Waals surface area contributed by atoms with Crippen LogP contribution in [0.2, 0.25) is 0 Å². The molecule has 0 aliphatic rings. The third-order valence-corrected chi connectivity index (χ3v) is 10.4. The second-order valence-corrected chi connectivity index (χ2v) is 21.5. The van der Waals surface area contributed by atoms with E-state index >= 15 is 0 Å². The van der Waals surface area contributed by atoms with Crippen molar-refractivity contribution in [3.8, 4) is 0 Å². The summed E-state index contributed by atoms with van der Waals surface area (Å²) in [6, 6.07) is 0. The van der Waals surface area contributed by atoms with Crippen LogP contribution in [0, 0.1) is 40.9 Å². The van der Waals surface area contributed by atoms with Crippen molar-refractivity contribution in [1.29, 1.82) is 0 Å². The molecule has 0 aromatic heterocycles. The lowest BCUT2D eigenvalue weighted by atomic mass is 9.94. The maximum absolute atomic E-state index is 11.9. The second kappa shape index (κ2) is 67.3. The van der Waals surface area contributed by atoms with E-state index in [0.717, 1.165) is 58.3 Å². The fourth-order valence-corrected chi connectivity index (χ4v) is 2.38. The monoisotopic (exact) mass is 1130 g/mol. The predicted molar refractivity (Wildman–Crippen MR) is 309 cm³/mol. The smallest absolute Gasteiger partial charge is 0.251 e. The Balaban J connectivity index is -0.0000000602. The van der Waals surface area contributed by atoms with Gasteiger partial charge in [-0.15, -0.1) is 0 Å². The van der Waals surface area contributed by atoms with E-state index in [1.807, 2.05) is 20.8 Å². The van der Waals surface area contributed by atoms with E-state index in [-0.39, 0.29) is 44.7 Å². The van der Waals surface area contributed by atoms with Crippen molar-refractivity contribution in [3.05, 3.63) is 0 Å². The predicted octanol–water partition coefficient (Wildman–Crippen LogP) is 27.5. The van der Waals surface area contributed by atoms with Crippen LogP contribution in [0.15, 0.2) is 0 Å². The molecule has 0 N–H and O–H groups in total. The minimum atomic E-state index is -4.43. The minimum Gasteiger partial charge on any atom is -0.251 e. The van der Waals surface area contributed by atoms with Crippen LogP contribution in [0.25, 0.3) is 0 Å². The molecular weight excluding hydrogens is 999 g/mol. The highest BCUT2D eigenvalue weighted by Gasteiger charge is 2.34. The van der Waals surface area contributed by atoms with Gasteiger partial charge in [0.15, 0.2) is 0 Å². The number of halogens is 14. The molecule has 4 unspecified atom stereocenters. The van der Waals surface area contributed by atoms with Gasteiger partial charge in [-0.2, -0.15) is 26.3 Å². The normalized spacial score (nSPS) is 13.1. The van der Waals surface area contributed by atoms with Crippen molar-refractivity contribution in [2.24, 2.45) is 40.9 Å². The van der Waals surface area contributed by atoms with Crippen LogP contribution < -0.4 is 0 Å². The first-order valence-corrected chi connectivity index (χ1v) is 28.7. The SMILES string of the molecule is CCC(C)(C)C.CCC(C)C.CCC(C)C.CCC(C)C.CCC(C)C(F)(F)F.CCC(C)CF.CCC(F)(F)CC.CCCC(C)(F)F.CCCC(C)(F)F.CCCC(C)F.CCCCC.[2H]C([2H])(C)C(C)C(F)(F)F. The van der Waals surface area contributed by atoms with Gasteiger partial charge in [-0.05, 0) is 69.1 Å². The average molecular weight is 1130 g/mol. The van der Waals surface area contributed by atoms with Crippen LogP contribution in [-0.4, -0.2) is 43.0 Å². The first kappa shape index (κ1) is 96.3. The molecule has 0 saturated heterocycles. The van der Waals surface area contributed by atoms with Gasteiger partial charge in [0, 0.05) is 28.4 Å². The van der Waals surface area contributed by atoms with Crippen molar-refractivity contribution in [3.63, 3.8) is 0 Å². The molecule has 474 valence electrons. The van der Waals surface area contributed by atoms with Crippen LogP contribution in [0.5, 0.6) is 0 Å². The summed E-state index contributed by atoms with van der Waals surface area (Å²) in [5, 5.41) is 0. The third-order valence-electron chi connectivity index (χ3n) is 10.4. The van der Waals surface area contributed by atoms with Gasteiger partial charge in [0.05, 0.1) is 24.7 Å². The fourth-order valence-electron chi connectivity index (χ4n) is 2.38. The first-order chi connectivity index (χ1) is 34.2. The summed E-state index contributed by atoms with van der Waals surface area (Å²) >= 11 is 0. The van der Waals surface area contributed by atoms with Crippen molar-refractivity contribution in [2.75, 3.05) is 6.67 Å². The van der Waals surface area contributed by atoms with E-state index in [2.05, 4.69) is 104 Å². The Labute approximate surface area is 463 Å². The van der Waals surface area contributed by atoms with Crippen LogP contribution in [0.4, 0.5) is 61.5 Å². The highest BCUT2D eigenvalue weighted by molar-refractivity contribution is 4.60. The summed E-state index contributed by atoms with van der Waals surface area (Å²) in [5.74, 6) is -7.45. The summed E-state index contributed by atoms with van der Waals surface area (Å²) < 4.78 is 177. The van der Waals surface area contributed by atoms with Gasteiger partial charge in [-0.1, -0.05) is 251 Å². The lowest BCUT2D eigenvalue weighted by Gasteiger charge is -2.12. The van der Waals surface area contributed by atoms with Gasteiger partial charge in [0.2, 0.25) is 17.8 Å². The minimum absolute atomic E-state index is 0.00694. The summed E-state index contributed by atoms with van der Waals surface area (Å²) in [4.78, 5) is 0. The lowest BCUT2D eigenvalue weighted by molar-refractivity contribution is -0.170. The molecule has 0 fully saturated rings. The van der Waals surface area contributed by atoms with E-state index in [4.69, 9.17) is 2.74 Å². The molecule has 75 heavy (non-hydrogen) atoms. The standard InChI is InChI=1S/C6H14.2C5H9F3.3C5H10F2.2C5H11F.4C5H12/c1-5-6(2,3)4;2*1-3-4(2)5(6,7)8;2*1-3-4-5(2,6)7;1-3-5(6,7)4-2;1-3-5(2)4-6;1-3-4-5(2)6;3*1-4-5(2)3;1-3-5-4-2/h5H2,1-4H3;2*4H,3H2,1-2H3;3*3-4H2,1-2H3;2*5H,3-4H2,1-2H3;3*5H,4H2,1-3H3;3-5H2,1-2H3/i;3D2;;;;;;;;;;. The molecule has 0 spiro atoms. The van der Waals surface area contributed by atoms with Gasteiger partial charge in [0.25, 0.3) is 0 Å². The van der Waals surface area contributed by atoms with Crippen molar-refractivity contribution in [1.82, 2.24) is 0 Å². The number of alkyl halides is 14. The quantitative estimate of drug-likeness (QED) is 0.127. The highest BCUT2D eigenvalue weighted by atomic mass is 19.4. The Bertz CT molecular complexity index is 962. The summed E-state index contributed by atoms with van der Waals surface area (Å²) in [5.41, 5.74) is 0.542. The number of unbranched alkanes of at least 4 members (excludes halogenated alkanes) is 2. The largest absolute Gasteiger partial charge is 0.391 e. The Hall–Kier alpha value is -0.980. The van der Waals surface area contributed by atoms with Crippen LogP contribution in [0.1, 0.15) is 319 Å². The fraction of sp³-hybridized carbons (Fsp3) is 1.00. The molecule has 0 bridgehead atoms. The van der Waals surface area contributed by atoms with E-state index < -0.39 is 54.5 Å². The zero-order valence-electron chi connectivity index (χ0n) is 56.6. The highest BCUT2D eigenvalue weighted by Crippen LogP contribution is 2.28. The average Bonchev–Trinajstić information content (AvgIpc) is 3.28. The molecule has 0 heterocycles. The van der Waals surface area contributed by atoms with Crippen LogP contribution in [-0.2, 0) is 0 Å². The molecule has 0 rings (SSSR count). The molecule has 0 aliphatic carbocycles.